The van der Waals surface area contributed by atoms with E-state index < -0.39 is 22.6 Å². The fourth-order valence-electron chi connectivity index (χ4n) is 1.23. The van der Waals surface area contributed by atoms with E-state index in [1.165, 1.54) is 31.2 Å². The Labute approximate surface area is 103 Å². The molecule has 0 saturated carbocycles. The fraction of sp³-hybridized carbons (Fsp3) is 0.167. The number of nitro benzene ring substituents is 1. The van der Waals surface area contributed by atoms with Gasteiger partial charge in [-0.25, -0.2) is 0 Å². The van der Waals surface area contributed by atoms with Gasteiger partial charge in [0, 0.05) is 6.07 Å². The Morgan fingerprint density at radius 1 is 1.39 bits per heavy atom. The van der Waals surface area contributed by atoms with Crippen molar-refractivity contribution in [2.75, 3.05) is 0 Å². The van der Waals surface area contributed by atoms with Crippen LogP contribution in [0.5, 0.6) is 0 Å². The third-order valence-electron chi connectivity index (χ3n) is 2.36. The van der Waals surface area contributed by atoms with Crippen molar-refractivity contribution >= 4 is 23.5 Å². The molecule has 0 aromatic heterocycles. The summed E-state index contributed by atoms with van der Waals surface area (Å²) in [4.78, 5) is 32.1. The van der Waals surface area contributed by atoms with Crippen molar-refractivity contribution in [2.45, 2.75) is 6.92 Å². The smallest absolute Gasteiger partial charge is 0.314 e. The number of hydrogen-bond acceptors (Lipinski definition) is 4. The van der Waals surface area contributed by atoms with Gasteiger partial charge in [0.1, 0.15) is 5.92 Å². The number of carbonyl (C=O) groups is 2. The molecule has 1 aromatic carbocycles. The average molecular weight is 249 g/mol. The molecule has 6 nitrogen and oxygen atoms in total. The molecule has 1 atom stereocenters. The molecular formula is C12H11NO5. The van der Waals surface area contributed by atoms with E-state index in [0.29, 0.717) is 0 Å². The Kier molecular flexibility index (Phi) is 4.31. The highest BCUT2D eigenvalue weighted by molar-refractivity contribution is 6.06. The van der Waals surface area contributed by atoms with Gasteiger partial charge in [-0.3, -0.25) is 19.7 Å². The Morgan fingerprint density at radius 2 is 2.00 bits per heavy atom. The summed E-state index contributed by atoms with van der Waals surface area (Å²) in [6.45, 7) is 1.26. The van der Waals surface area contributed by atoms with Crippen LogP contribution in [0, 0.1) is 16.0 Å². The lowest BCUT2D eigenvalue weighted by Gasteiger charge is -2.00. The van der Waals surface area contributed by atoms with Crippen LogP contribution in [-0.4, -0.2) is 21.8 Å². The first kappa shape index (κ1) is 13.6. The molecule has 1 aromatic rings. The third kappa shape index (κ3) is 3.24. The fourth-order valence-corrected chi connectivity index (χ4v) is 1.23. The summed E-state index contributed by atoms with van der Waals surface area (Å²) >= 11 is 0. The topological polar surface area (TPSA) is 97.5 Å². The summed E-state index contributed by atoms with van der Waals surface area (Å²) < 4.78 is 0. The molecule has 1 rings (SSSR count). The van der Waals surface area contributed by atoms with E-state index in [1.54, 1.807) is 6.07 Å². The number of carboxylic acids is 1. The molecular weight excluding hydrogens is 238 g/mol. The van der Waals surface area contributed by atoms with Crippen LogP contribution in [0.25, 0.3) is 6.08 Å². The molecule has 0 spiro atoms. The molecule has 0 aliphatic heterocycles. The number of carboxylic acid groups (broad SMARTS) is 1. The quantitative estimate of drug-likeness (QED) is 0.372. The normalized spacial score (nSPS) is 12.3. The summed E-state index contributed by atoms with van der Waals surface area (Å²) in [5.74, 6) is -3.00. The summed E-state index contributed by atoms with van der Waals surface area (Å²) in [6, 6.07) is 5.90. The zero-order valence-electron chi connectivity index (χ0n) is 9.57. The largest absolute Gasteiger partial charge is 0.481 e. The summed E-state index contributed by atoms with van der Waals surface area (Å²) in [5, 5.41) is 19.3. The van der Waals surface area contributed by atoms with Crippen molar-refractivity contribution in [1.29, 1.82) is 0 Å². The van der Waals surface area contributed by atoms with Crippen molar-refractivity contribution in [1.82, 2.24) is 0 Å². The highest BCUT2D eigenvalue weighted by Crippen LogP contribution is 2.19. The Morgan fingerprint density at radius 3 is 2.56 bits per heavy atom. The van der Waals surface area contributed by atoms with Gasteiger partial charge >= 0.3 is 5.97 Å². The van der Waals surface area contributed by atoms with Gasteiger partial charge in [-0.15, -0.1) is 0 Å². The van der Waals surface area contributed by atoms with Crippen LogP contribution in [0.2, 0.25) is 0 Å². The first-order valence-electron chi connectivity index (χ1n) is 5.11. The van der Waals surface area contributed by atoms with Gasteiger partial charge in [-0.1, -0.05) is 12.1 Å². The first-order chi connectivity index (χ1) is 8.43. The highest BCUT2D eigenvalue weighted by atomic mass is 16.6. The van der Waals surface area contributed by atoms with Gasteiger partial charge in [0.2, 0.25) is 0 Å². The molecule has 18 heavy (non-hydrogen) atoms. The maximum Gasteiger partial charge on any atom is 0.314 e. The van der Waals surface area contributed by atoms with Gasteiger partial charge in [0.15, 0.2) is 5.78 Å². The number of aliphatic carboxylic acids is 1. The average Bonchev–Trinajstić information content (AvgIpc) is 2.35. The van der Waals surface area contributed by atoms with E-state index in [4.69, 9.17) is 5.11 Å². The molecule has 6 heteroatoms. The second kappa shape index (κ2) is 5.72. The molecule has 0 radical (unpaired) electrons. The number of nitrogens with zero attached hydrogens (tertiary/aromatic N) is 1. The maximum atomic E-state index is 11.4. The molecule has 0 amide bonds. The number of rotatable bonds is 5. The number of carbonyl (C=O) groups excluding carboxylic acids is 1. The second-order valence-electron chi connectivity index (χ2n) is 3.61. The van der Waals surface area contributed by atoms with Crippen LogP contribution >= 0.6 is 0 Å². The number of hydrogen-bond donors (Lipinski definition) is 1. The first-order valence-corrected chi connectivity index (χ1v) is 5.11. The van der Waals surface area contributed by atoms with Crippen molar-refractivity contribution in [3.05, 3.63) is 46.0 Å². The predicted molar refractivity (Wildman–Crippen MR) is 63.9 cm³/mol. The zero-order valence-corrected chi connectivity index (χ0v) is 9.57. The minimum Gasteiger partial charge on any atom is -0.481 e. The van der Waals surface area contributed by atoms with Crippen molar-refractivity contribution in [3.63, 3.8) is 0 Å². The second-order valence-corrected chi connectivity index (χ2v) is 3.61. The molecule has 1 N–H and O–H groups in total. The Hall–Kier alpha value is -2.50. The van der Waals surface area contributed by atoms with E-state index in [9.17, 15) is 19.7 Å². The highest BCUT2D eigenvalue weighted by Gasteiger charge is 2.18. The van der Waals surface area contributed by atoms with Crippen molar-refractivity contribution in [3.8, 4) is 0 Å². The van der Waals surface area contributed by atoms with Gasteiger partial charge < -0.3 is 5.11 Å². The van der Waals surface area contributed by atoms with E-state index in [-0.39, 0.29) is 11.3 Å². The zero-order chi connectivity index (χ0) is 13.7. The number of benzene rings is 1. The molecule has 94 valence electrons. The van der Waals surface area contributed by atoms with E-state index >= 15 is 0 Å². The van der Waals surface area contributed by atoms with Crippen LogP contribution in [0.3, 0.4) is 0 Å². The molecule has 0 saturated heterocycles. The molecule has 0 bridgehead atoms. The lowest BCUT2D eigenvalue weighted by molar-refractivity contribution is -0.385. The SMILES string of the molecule is CC(C(=O)O)C(=O)/C=C\c1ccccc1[N+](=O)[O-]. The van der Waals surface area contributed by atoms with E-state index in [1.807, 2.05) is 0 Å². The molecule has 0 aliphatic carbocycles. The predicted octanol–water partition coefficient (Wildman–Crippen LogP) is 1.90. The molecule has 0 fully saturated rings. The van der Waals surface area contributed by atoms with Crippen molar-refractivity contribution in [2.24, 2.45) is 5.92 Å². The van der Waals surface area contributed by atoms with Crippen LogP contribution in [0.15, 0.2) is 30.3 Å². The number of para-hydroxylation sites is 1. The summed E-state index contributed by atoms with van der Waals surface area (Å²) in [6.07, 6.45) is 2.29. The van der Waals surface area contributed by atoms with Crippen molar-refractivity contribution < 1.29 is 19.6 Å². The molecule has 0 heterocycles. The number of ketones is 1. The standard InChI is InChI=1S/C12H11NO5/c1-8(12(15)16)11(14)7-6-9-4-2-3-5-10(9)13(17)18/h2-8H,1H3,(H,15,16)/b7-6-. The van der Waals surface area contributed by atoms with E-state index in [2.05, 4.69) is 0 Å². The Balaban J connectivity index is 2.95. The molecule has 0 aliphatic rings. The van der Waals surface area contributed by atoms with Crippen LogP contribution in [0.1, 0.15) is 12.5 Å². The van der Waals surface area contributed by atoms with Crippen LogP contribution in [0.4, 0.5) is 5.69 Å². The van der Waals surface area contributed by atoms with E-state index in [0.717, 1.165) is 6.08 Å². The minimum atomic E-state index is -1.23. The molecule has 1 unspecified atom stereocenters. The van der Waals surface area contributed by atoms with Gasteiger partial charge in [-0.2, -0.15) is 0 Å². The number of allylic oxidation sites excluding steroid dienone is 1. The summed E-state index contributed by atoms with van der Waals surface area (Å²) in [7, 11) is 0. The van der Waals surface area contributed by atoms with Gasteiger partial charge in [0.05, 0.1) is 10.5 Å². The van der Waals surface area contributed by atoms with Gasteiger partial charge in [0.25, 0.3) is 5.69 Å². The van der Waals surface area contributed by atoms with Crippen LogP contribution in [-0.2, 0) is 9.59 Å². The summed E-state index contributed by atoms with van der Waals surface area (Å²) in [5.41, 5.74) is 0.123. The van der Waals surface area contributed by atoms with Gasteiger partial charge in [-0.05, 0) is 25.1 Å². The third-order valence-corrected chi connectivity index (χ3v) is 2.36. The maximum absolute atomic E-state index is 11.4. The number of nitro groups is 1. The Bertz CT molecular complexity index is 521. The minimum absolute atomic E-state index is 0.135. The monoisotopic (exact) mass is 249 g/mol. The lowest BCUT2D eigenvalue weighted by Crippen LogP contribution is -2.18. The van der Waals surface area contributed by atoms with Crippen LogP contribution < -0.4 is 0 Å². The lowest BCUT2D eigenvalue weighted by atomic mass is 10.1.